The Morgan fingerprint density at radius 2 is 1.46 bits per heavy atom. The van der Waals surface area contributed by atoms with E-state index in [2.05, 4.69) is 10.6 Å². The minimum Gasteiger partial charge on any atom is -0.346 e. The lowest BCUT2D eigenvalue weighted by Crippen LogP contribution is -2.45. The van der Waals surface area contributed by atoms with Crippen molar-refractivity contribution in [2.45, 2.75) is 41.9 Å². The SMILES string of the molecule is O=C(NC[C@H](c1ccccc1)S(=O)(=O)c1ccccc1)C(=O)NC1CCCC1. The molecule has 2 N–H and O–H groups in total. The topological polar surface area (TPSA) is 92.3 Å². The summed E-state index contributed by atoms with van der Waals surface area (Å²) in [7, 11) is -3.74. The van der Waals surface area contributed by atoms with Gasteiger partial charge in [0.2, 0.25) is 0 Å². The Hall–Kier alpha value is -2.67. The van der Waals surface area contributed by atoms with Crippen LogP contribution in [-0.4, -0.2) is 32.8 Å². The normalized spacial score (nSPS) is 15.7. The molecular formula is C21H24N2O4S. The van der Waals surface area contributed by atoms with Crippen LogP contribution in [0.2, 0.25) is 0 Å². The Kier molecular flexibility index (Phi) is 6.46. The minimum atomic E-state index is -3.74. The third kappa shape index (κ3) is 4.78. The molecule has 0 radical (unpaired) electrons. The molecule has 1 fully saturated rings. The maximum Gasteiger partial charge on any atom is 0.309 e. The summed E-state index contributed by atoms with van der Waals surface area (Å²) < 4.78 is 26.3. The van der Waals surface area contributed by atoms with Gasteiger partial charge in [-0.2, -0.15) is 0 Å². The molecule has 0 unspecified atom stereocenters. The van der Waals surface area contributed by atoms with Crippen LogP contribution in [0.1, 0.15) is 36.5 Å². The van der Waals surface area contributed by atoms with Gasteiger partial charge in [-0.25, -0.2) is 8.42 Å². The third-order valence-electron chi connectivity index (χ3n) is 4.96. The van der Waals surface area contributed by atoms with Crippen LogP contribution in [-0.2, 0) is 19.4 Å². The number of hydrogen-bond donors (Lipinski definition) is 2. The fraction of sp³-hybridized carbons (Fsp3) is 0.333. The van der Waals surface area contributed by atoms with Crippen molar-refractivity contribution in [3.8, 4) is 0 Å². The highest BCUT2D eigenvalue weighted by Gasteiger charge is 2.30. The van der Waals surface area contributed by atoms with Gasteiger partial charge in [-0.05, 0) is 30.5 Å². The summed E-state index contributed by atoms with van der Waals surface area (Å²) in [5, 5.41) is 4.23. The van der Waals surface area contributed by atoms with Crippen LogP contribution in [0.3, 0.4) is 0 Å². The maximum atomic E-state index is 13.1. The van der Waals surface area contributed by atoms with Crippen molar-refractivity contribution in [1.82, 2.24) is 10.6 Å². The monoisotopic (exact) mass is 400 g/mol. The van der Waals surface area contributed by atoms with Gasteiger partial charge in [0.15, 0.2) is 9.84 Å². The summed E-state index contributed by atoms with van der Waals surface area (Å²) in [6, 6.07) is 16.8. The van der Waals surface area contributed by atoms with E-state index >= 15 is 0 Å². The second kappa shape index (κ2) is 9.01. The van der Waals surface area contributed by atoms with Crippen LogP contribution in [0.15, 0.2) is 65.6 Å². The minimum absolute atomic E-state index is 0.0243. The first kappa shape index (κ1) is 20.1. The zero-order valence-electron chi connectivity index (χ0n) is 15.5. The molecule has 1 atom stereocenters. The standard InChI is InChI=1S/C21H24N2O4S/c24-20(21(25)23-17-11-7-8-12-17)22-15-19(16-9-3-1-4-10-16)28(26,27)18-13-5-2-6-14-18/h1-6,9-10,13-14,17,19H,7-8,11-12,15H2,(H,22,24)(H,23,25)/t19-/m1/s1. The van der Waals surface area contributed by atoms with E-state index in [4.69, 9.17) is 0 Å². The Bertz CT molecular complexity index is 908. The number of carbonyl (C=O) groups is 2. The van der Waals surface area contributed by atoms with Crippen molar-refractivity contribution >= 4 is 21.7 Å². The molecule has 3 rings (SSSR count). The van der Waals surface area contributed by atoms with E-state index in [1.165, 1.54) is 12.1 Å². The molecule has 0 saturated heterocycles. The van der Waals surface area contributed by atoms with E-state index in [0.29, 0.717) is 5.56 Å². The van der Waals surface area contributed by atoms with Crippen LogP contribution in [0, 0.1) is 0 Å². The summed E-state index contributed by atoms with van der Waals surface area (Å²) in [5.41, 5.74) is 0.558. The molecule has 1 aliphatic carbocycles. The van der Waals surface area contributed by atoms with Gasteiger partial charge in [0.1, 0.15) is 5.25 Å². The third-order valence-corrected chi connectivity index (χ3v) is 7.08. The molecule has 0 bridgehead atoms. The van der Waals surface area contributed by atoms with Gasteiger partial charge in [0.25, 0.3) is 0 Å². The number of benzene rings is 2. The quantitative estimate of drug-likeness (QED) is 0.728. The summed E-state index contributed by atoms with van der Waals surface area (Å²) >= 11 is 0. The molecule has 2 aromatic rings. The van der Waals surface area contributed by atoms with E-state index in [9.17, 15) is 18.0 Å². The smallest absolute Gasteiger partial charge is 0.309 e. The van der Waals surface area contributed by atoms with Crippen LogP contribution in [0.25, 0.3) is 0 Å². The number of hydrogen-bond acceptors (Lipinski definition) is 4. The van der Waals surface area contributed by atoms with Gasteiger partial charge in [-0.3, -0.25) is 9.59 Å². The number of sulfone groups is 1. The van der Waals surface area contributed by atoms with Crippen LogP contribution in [0.5, 0.6) is 0 Å². The highest BCUT2D eigenvalue weighted by Crippen LogP contribution is 2.28. The number of nitrogens with one attached hydrogen (secondary N) is 2. The first-order valence-corrected chi connectivity index (χ1v) is 11.0. The van der Waals surface area contributed by atoms with E-state index in [-0.39, 0.29) is 17.5 Å². The second-order valence-electron chi connectivity index (χ2n) is 6.92. The number of amides is 2. The average molecular weight is 401 g/mol. The summed E-state index contributed by atoms with van der Waals surface area (Å²) in [6.07, 6.45) is 3.82. The van der Waals surface area contributed by atoms with Gasteiger partial charge in [-0.15, -0.1) is 0 Å². The average Bonchev–Trinajstić information content (AvgIpc) is 3.22. The zero-order chi connectivity index (χ0) is 20.0. The summed E-state index contributed by atoms with van der Waals surface area (Å²) in [5.74, 6) is -1.52. The Balaban J connectivity index is 1.75. The first-order valence-electron chi connectivity index (χ1n) is 9.41. The van der Waals surface area contributed by atoms with Crippen LogP contribution in [0.4, 0.5) is 0 Å². The lowest BCUT2D eigenvalue weighted by Gasteiger charge is -2.19. The molecule has 1 saturated carbocycles. The fourth-order valence-corrected chi connectivity index (χ4v) is 5.12. The zero-order valence-corrected chi connectivity index (χ0v) is 16.3. The van der Waals surface area contributed by atoms with E-state index < -0.39 is 26.9 Å². The predicted molar refractivity (Wildman–Crippen MR) is 106 cm³/mol. The van der Waals surface area contributed by atoms with Crippen LogP contribution >= 0.6 is 0 Å². The molecule has 2 amide bonds. The molecule has 0 heterocycles. The molecule has 1 aliphatic rings. The van der Waals surface area contributed by atoms with E-state index in [1.54, 1.807) is 48.5 Å². The Morgan fingerprint density at radius 1 is 0.893 bits per heavy atom. The largest absolute Gasteiger partial charge is 0.346 e. The highest BCUT2D eigenvalue weighted by molar-refractivity contribution is 7.91. The molecule has 0 spiro atoms. The first-order chi connectivity index (χ1) is 13.5. The second-order valence-corrected chi connectivity index (χ2v) is 9.05. The fourth-order valence-electron chi connectivity index (χ4n) is 3.44. The van der Waals surface area contributed by atoms with Gasteiger partial charge in [0, 0.05) is 12.6 Å². The predicted octanol–water partition coefficient (Wildman–Crippen LogP) is 2.38. The van der Waals surface area contributed by atoms with Gasteiger partial charge < -0.3 is 10.6 Å². The summed E-state index contributed by atoms with van der Waals surface area (Å²) in [6.45, 7) is -0.182. The summed E-state index contributed by atoms with van der Waals surface area (Å²) in [4.78, 5) is 24.5. The van der Waals surface area contributed by atoms with Crippen molar-refractivity contribution in [3.63, 3.8) is 0 Å². The molecule has 28 heavy (non-hydrogen) atoms. The van der Waals surface area contributed by atoms with Gasteiger partial charge in [0.05, 0.1) is 4.90 Å². The molecule has 6 nitrogen and oxygen atoms in total. The number of rotatable bonds is 6. The molecular weight excluding hydrogens is 376 g/mol. The van der Waals surface area contributed by atoms with E-state index in [0.717, 1.165) is 25.7 Å². The maximum absolute atomic E-state index is 13.1. The molecule has 148 valence electrons. The van der Waals surface area contributed by atoms with Crippen molar-refractivity contribution < 1.29 is 18.0 Å². The van der Waals surface area contributed by atoms with Crippen molar-refractivity contribution in [1.29, 1.82) is 0 Å². The lowest BCUT2D eigenvalue weighted by molar-refractivity contribution is -0.139. The van der Waals surface area contributed by atoms with Crippen molar-refractivity contribution in [3.05, 3.63) is 66.2 Å². The van der Waals surface area contributed by atoms with Gasteiger partial charge >= 0.3 is 11.8 Å². The molecule has 0 aliphatic heterocycles. The van der Waals surface area contributed by atoms with Crippen molar-refractivity contribution in [2.75, 3.05) is 6.54 Å². The molecule has 7 heteroatoms. The van der Waals surface area contributed by atoms with Crippen LogP contribution < -0.4 is 10.6 Å². The van der Waals surface area contributed by atoms with Crippen molar-refractivity contribution in [2.24, 2.45) is 0 Å². The van der Waals surface area contributed by atoms with E-state index in [1.807, 2.05) is 0 Å². The number of carbonyl (C=O) groups excluding carboxylic acids is 2. The highest BCUT2D eigenvalue weighted by atomic mass is 32.2. The van der Waals surface area contributed by atoms with Gasteiger partial charge in [-0.1, -0.05) is 61.4 Å². The molecule has 2 aromatic carbocycles. The molecule has 0 aromatic heterocycles. The Morgan fingerprint density at radius 3 is 2.07 bits per heavy atom. The Labute approximate surface area is 165 Å². The lowest BCUT2D eigenvalue weighted by atomic mass is 10.1.